The number of nitrogens with two attached hydrogens (primary N) is 2. The molecule has 3 heteroatoms. The lowest BCUT2D eigenvalue weighted by Crippen LogP contribution is -2.13. The van der Waals surface area contributed by atoms with E-state index in [1.54, 1.807) is 0 Å². The van der Waals surface area contributed by atoms with Crippen LogP contribution in [0.1, 0.15) is 56.7 Å². The molecule has 0 atom stereocenters. The fourth-order valence-corrected chi connectivity index (χ4v) is 2.98. The molecule has 0 radical (unpaired) electrons. The molecule has 142 valence electrons. The smallest absolute Gasteiger partial charge is 0.0349 e. The second kappa shape index (κ2) is 7.91. The SMILES string of the molecule is CC(C)(C)c1cc(/C=C/c2ccc(N)cc2)cc(NCCC(N)=C2CC2)c1. The maximum atomic E-state index is 6.11. The zero-order chi connectivity index (χ0) is 19.4. The van der Waals surface area contributed by atoms with Crippen LogP contribution < -0.4 is 16.8 Å². The third-order valence-corrected chi connectivity index (χ3v) is 4.90. The Morgan fingerprint density at radius 3 is 2.30 bits per heavy atom. The van der Waals surface area contributed by atoms with E-state index in [1.807, 2.05) is 24.3 Å². The molecule has 0 aromatic heterocycles. The van der Waals surface area contributed by atoms with E-state index in [0.29, 0.717) is 0 Å². The molecule has 1 aliphatic rings. The number of anilines is 2. The Balaban J connectivity index is 1.77. The molecular weight excluding hydrogens is 330 g/mol. The first-order chi connectivity index (χ1) is 12.8. The van der Waals surface area contributed by atoms with Gasteiger partial charge in [0.25, 0.3) is 0 Å². The second-order valence-electron chi connectivity index (χ2n) is 8.40. The zero-order valence-corrected chi connectivity index (χ0v) is 16.7. The molecule has 0 bridgehead atoms. The summed E-state index contributed by atoms with van der Waals surface area (Å²) in [4.78, 5) is 0. The van der Waals surface area contributed by atoms with Gasteiger partial charge in [0.15, 0.2) is 0 Å². The van der Waals surface area contributed by atoms with Crippen LogP contribution in [-0.2, 0) is 5.41 Å². The van der Waals surface area contributed by atoms with Gasteiger partial charge in [-0.1, -0.05) is 56.7 Å². The van der Waals surface area contributed by atoms with Crippen LogP contribution in [-0.4, -0.2) is 6.54 Å². The maximum absolute atomic E-state index is 6.11. The first-order valence-corrected chi connectivity index (χ1v) is 9.71. The van der Waals surface area contributed by atoms with Crippen molar-refractivity contribution in [3.05, 3.63) is 70.4 Å². The first-order valence-electron chi connectivity index (χ1n) is 9.71. The van der Waals surface area contributed by atoms with Crippen LogP contribution in [0.15, 0.2) is 53.7 Å². The Labute approximate surface area is 163 Å². The van der Waals surface area contributed by atoms with Gasteiger partial charge in [-0.25, -0.2) is 0 Å². The molecule has 0 unspecified atom stereocenters. The highest BCUT2D eigenvalue weighted by molar-refractivity contribution is 5.72. The minimum atomic E-state index is 0.0937. The molecule has 0 spiro atoms. The number of allylic oxidation sites excluding steroid dienone is 1. The molecule has 1 aliphatic carbocycles. The monoisotopic (exact) mass is 361 g/mol. The van der Waals surface area contributed by atoms with E-state index in [1.165, 1.54) is 29.5 Å². The topological polar surface area (TPSA) is 64.1 Å². The molecule has 2 aromatic rings. The van der Waals surface area contributed by atoms with E-state index >= 15 is 0 Å². The van der Waals surface area contributed by atoms with Gasteiger partial charge in [0.2, 0.25) is 0 Å². The van der Waals surface area contributed by atoms with Gasteiger partial charge < -0.3 is 16.8 Å². The molecular formula is C24H31N3. The van der Waals surface area contributed by atoms with Gasteiger partial charge in [-0.05, 0) is 59.2 Å². The average molecular weight is 362 g/mol. The van der Waals surface area contributed by atoms with Gasteiger partial charge in [0, 0.05) is 30.0 Å². The fraction of sp³-hybridized carbons (Fsp3) is 0.333. The van der Waals surface area contributed by atoms with Crippen LogP contribution in [0.3, 0.4) is 0 Å². The highest BCUT2D eigenvalue weighted by atomic mass is 14.9. The lowest BCUT2D eigenvalue weighted by molar-refractivity contribution is 0.590. The van der Waals surface area contributed by atoms with E-state index in [-0.39, 0.29) is 5.41 Å². The summed E-state index contributed by atoms with van der Waals surface area (Å²) < 4.78 is 0. The van der Waals surface area contributed by atoms with Crippen molar-refractivity contribution in [1.82, 2.24) is 0 Å². The lowest BCUT2D eigenvalue weighted by atomic mass is 9.85. The molecule has 1 fully saturated rings. The molecule has 2 aromatic carbocycles. The van der Waals surface area contributed by atoms with E-state index in [2.05, 4.69) is 56.4 Å². The summed E-state index contributed by atoms with van der Waals surface area (Å²) in [6, 6.07) is 14.6. The summed E-state index contributed by atoms with van der Waals surface area (Å²) in [6.45, 7) is 7.60. The molecule has 0 saturated heterocycles. The van der Waals surface area contributed by atoms with Crippen LogP contribution in [0, 0.1) is 0 Å². The maximum Gasteiger partial charge on any atom is 0.0349 e. The van der Waals surface area contributed by atoms with E-state index in [0.717, 1.165) is 35.6 Å². The van der Waals surface area contributed by atoms with Gasteiger partial charge in [0.05, 0.1) is 0 Å². The highest BCUT2D eigenvalue weighted by Gasteiger charge is 2.16. The molecule has 5 N–H and O–H groups in total. The van der Waals surface area contributed by atoms with Crippen molar-refractivity contribution in [1.29, 1.82) is 0 Å². The Morgan fingerprint density at radius 1 is 1.00 bits per heavy atom. The van der Waals surface area contributed by atoms with E-state index in [4.69, 9.17) is 11.5 Å². The zero-order valence-electron chi connectivity index (χ0n) is 16.7. The molecule has 0 amide bonds. The van der Waals surface area contributed by atoms with Crippen LogP contribution in [0.5, 0.6) is 0 Å². The molecule has 0 heterocycles. The van der Waals surface area contributed by atoms with Crippen molar-refractivity contribution < 1.29 is 0 Å². The summed E-state index contributed by atoms with van der Waals surface area (Å²) >= 11 is 0. The largest absolute Gasteiger partial charge is 0.402 e. The summed E-state index contributed by atoms with van der Waals surface area (Å²) in [5, 5.41) is 3.55. The van der Waals surface area contributed by atoms with Crippen LogP contribution in [0.2, 0.25) is 0 Å². The van der Waals surface area contributed by atoms with Crippen molar-refractivity contribution in [2.45, 2.75) is 45.4 Å². The summed E-state index contributed by atoms with van der Waals surface area (Å²) in [7, 11) is 0. The molecule has 27 heavy (non-hydrogen) atoms. The number of nitrogen functional groups attached to an aromatic ring is 1. The van der Waals surface area contributed by atoms with Crippen LogP contribution >= 0.6 is 0 Å². The number of benzene rings is 2. The number of rotatable bonds is 6. The average Bonchev–Trinajstić information content (AvgIpc) is 3.45. The predicted molar refractivity (Wildman–Crippen MR) is 118 cm³/mol. The molecule has 1 saturated carbocycles. The Morgan fingerprint density at radius 2 is 1.67 bits per heavy atom. The van der Waals surface area contributed by atoms with Gasteiger partial charge in [-0.2, -0.15) is 0 Å². The number of hydrogen-bond donors (Lipinski definition) is 3. The molecule has 3 rings (SSSR count). The van der Waals surface area contributed by atoms with Crippen LogP contribution in [0.4, 0.5) is 11.4 Å². The summed E-state index contributed by atoms with van der Waals surface area (Å²) in [5.41, 5.74) is 20.1. The molecule has 3 nitrogen and oxygen atoms in total. The normalized spacial score (nSPS) is 13.8. The number of hydrogen-bond acceptors (Lipinski definition) is 3. The van der Waals surface area contributed by atoms with Gasteiger partial charge in [0.1, 0.15) is 0 Å². The van der Waals surface area contributed by atoms with Crippen molar-refractivity contribution in [2.75, 3.05) is 17.6 Å². The van der Waals surface area contributed by atoms with Gasteiger partial charge in [-0.15, -0.1) is 0 Å². The Bertz CT molecular complexity index is 846. The molecule has 0 aliphatic heterocycles. The third kappa shape index (κ3) is 5.65. The first kappa shape index (κ1) is 19.1. The minimum absolute atomic E-state index is 0.0937. The minimum Gasteiger partial charge on any atom is -0.402 e. The predicted octanol–water partition coefficient (Wildman–Crippen LogP) is 5.55. The van der Waals surface area contributed by atoms with Crippen molar-refractivity contribution in [3.63, 3.8) is 0 Å². The lowest BCUT2D eigenvalue weighted by Gasteiger charge is -2.21. The second-order valence-corrected chi connectivity index (χ2v) is 8.40. The van der Waals surface area contributed by atoms with Gasteiger partial charge in [-0.3, -0.25) is 0 Å². The summed E-state index contributed by atoms with van der Waals surface area (Å²) in [5.74, 6) is 0. The van der Waals surface area contributed by atoms with E-state index < -0.39 is 0 Å². The fourth-order valence-electron chi connectivity index (χ4n) is 2.98. The van der Waals surface area contributed by atoms with Crippen molar-refractivity contribution >= 4 is 23.5 Å². The van der Waals surface area contributed by atoms with E-state index in [9.17, 15) is 0 Å². The third-order valence-electron chi connectivity index (χ3n) is 4.90. The summed E-state index contributed by atoms with van der Waals surface area (Å²) in [6.07, 6.45) is 7.56. The highest BCUT2D eigenvalue weighted by Crippen LogP contribution is 2.31. The van der Waals surface area contributed by atoms with Crippen LogP contribution in [0.25, 0.3) is 12.2 Å². The van der Waals surface area contributed by atoms with Crippen molar-refractivity contribution in [3.8, 4) is 0 Å². The van der Waals surface area contributed by atoms with Gasteiger partial charge >= 0.3 is 0 Å². The number of nitrogens with one attached hydrogen (secondary N) is 1. The van der Waals surface area contributed by atoms with Crippen molar-refractivity contribution in [2.24, 2.45) is 5.73 Å². The Hall–Kier alpha value is -2.68. The Kier molecular flexibility index (Phi) is 5.59. The quantitative estimate of drug-likeness (QED) is 0.467. The standard InChI is InChI=1S/C24H31N3/c1-24(2,3)20-14-18(5-4-17-6-10-21(25)11-7-17)15-22(16-20)27-13-12-23(26)19-8-9-19/h4-7,10-11,14-16,27H,8-9,12-13,25-26H2,1-3H3/b5-4+.